The van der Waals surface area contributed by atoms with Crippen LogP contribution in [0, 0.1) is 5.41 Å². The lowest BCUT2D eigenvalue weighted by molar-refractivity contribution is -0.148. The van der Waals surface area contributed by atoms with Crippen molar-refractivity contribution >= 4 is 11.9 Å². The number of aliphatic carboxylic acids is 1. The van der Waals surface area contributed by atoms with Gasteiger partial charge in [-0.25, -0.2) is 0 Å². The third-order valence-electron chi connectivity index (χ3n) is 4.02. The van der Waals surface area contributed by atoms with Gasteiger partial charge >= 0.3 is 5.97 Å². The highest BCUT2D eigenvalue weighted by molar-refractivity contribution is 5.84. The maximum absolute atomic E-state index is 12.3. The van der Waals surface area contributed by atoms with Crippen molar-refractivity contribution in [3.05, 3.63) is 0 Å². The summed E-state index contributed by atoms with van der Waals surface area (Å²) in [5, 5.41) is 8.81. The summed E-state index contributed by atoms with van der Waals surface area (Å²) in [6.07, 6.45) is 4.93. The minimum atomic E-state index is -0.802. The smallest absolute Gasteiger partial charge is 0.305 e. The van der Waals surface area contributed by atoms with E-state index in [2.05, 4.69) is 0 Å². The SMILES string of the molecule is CC1(C(=O)N2CCCC2CC(=O)O)CCC1. The topological polar surface area (TPSA) is 57.6 Å². The average Bonchev–Trinajstić information content (AvgIpc) is 2.60. The highest BCUT2D eigenvalue weighted by Gasteiger charge is 2.44. The largest absolute Gasteiger partial charge is 0.481 e. The first-order valence-electron chi connectivity index (χ1n) is 6.06. The van der Waals surface area contributed by atoms with Gasteiger partial charge in [-0.3, -0.25) is 9.59 Å². The fraction of sp³-hybridized carbons (Fsp3) is 0.833. The second kappa shape index (κ2) is 4.07. The minimum absolute atomic E-state index is 0.0672. The number of carboxylic acid groups (broad SMARTS) is 1. The molecule has 4 heteroatoms. The molecule has 2 aliphatic rings. The van der Waals surface area contributed by atoms with Crippen molar-refractivity contribution in [2.45, 2.75) is 51.5 Å². The van der Waals surface area contributed by atoms with Crippen molar-refractivity contribution in [1.82, 2.24) is 4.90 Å². The number of hydrogen-bond acceptors (Lipinski definition) is 2. The van der Waals surface area contributed by atoms with E-state index < -0.39 is 5.97 Å². The fourth-order valence-corrected chi connectivity index (χ4v) is 2.78. The molecule has 0 radical (unpaired) electrons. The van der Waals surface area contributed by atoms with Gasteiger partial charge in [0.05, 0.1) is 6.42 Å². The molecule has 0 bridgehead atoms. The molecule has 1 saturated carbocycles. The number of carboxylic acids is 1. The molecule has 0 aromatic carbocycles. The molecule has 16 heavy (non-hydrogen) atoms. The zero-order chi connectivity index (χ0) is 11.8. The number of amides is 1. The van der Waals surface area contributed by atoms with Crippen molar-refractivity contribution in [2.24, 2.45) is 5.41 Å². The molecule has 1 aliphatic heterocycles. The Hall–Kier alpha value is -1.06. The van der Waals surface area contributed by atoms with E-state index in [4.69, 9.17) is 5.11 Å². The van der Waals surface area contributed by atoms with Gasteiger partial charge in [0.2, 0.25) is 5.91 Å². The van der Waals surface area contributed by atoms with Crippen LogP contribution in [0.3, 0.4) is 0 Å². The van der Waals surface area contributed by atoms with Crippen LogP contribution >= 0.6 is 0 Å². The molecular weight excluding hydrogens is 206 g/mol. The maximum atomic E-state index is 12.3. The molecule has 2 rings (SSSR count). The quantitative estimate of drug-likeness (QED) is 0.794. The lowest BCUT2D eigenvalue weighted by Crippen LogP contribution is -2.48. The fourth-order valence-electron chi connectivity index (χ4n) is 2.78. The number of carbonyl (C=O) groups excluding carboxylic acids is 1. The summed E-state index contributed by atoms with van der Waals surface area (Å²) in [6, 6.07) is -0.0672. The van der Waals surface area contributed by atoms with Gasteiger partial charge in [0.25, 0.3) is 0 Å². The molecule has 1 heterocycles. The number of hydrogen-bond donors (Lipinski definition) is 1. The van der Waals surface area contributed by atoms with E-state index in [1.165, 1.54) is 0 Å². The van der Waals surface area contributed by atoms with Crippen molar-refractivity contribution in [3.8, 4) is 0 Å². The first-order chi connectivity index (χ1) is 7.53. The maximum Gasteiger partial charge on any atom is 0.305 e. The normalized spacial score (nSPS) is 27.6. The van der Waals surface area contributed by atoms with E-state index in [0.717, 1.165) is 38.6 Å². The van der Waals surface area contributed by atoms with Crippen LogP contribution in [-0.4, -0.2) is 34.5 Å². The van der Waals surface area contributed by atoms with Gasteiger partial charge in [0.15, 0.2) is 0 Å². The Morgan fingerprint density at radius 3 is 2.56 bits per heavy atom. The molecule has 2 fully saturated rings. The van der Waals surface area contributed by atoms with Crippen LogP contribution in [0.15, 0.2) is 0 Å². The van der Waals surface area contributed by atoms with Crippen LogP contribution in [0.4, 0.5) is 0 Å². The van der Waals surface area contributed by atoms with E-state index in [9.17, 15) is 9.59 Å². The summed E-state index contributed by atoms with van der Waals surface area (Å²) in [6.45, 7) is 2.75. The van der Waals surface area contributed by atoms with E-state index in [0.29, 0.717) is 0 Å². The average molecular weight is 225 g/mol. The van der Waals surface area contributed by atoms with Crippen molar-refractivity contribution < 1.29 is 14.7 Å². The number of carbonyl (C=O) groups is 2. The van der Waals surface area contributed by atoms with Crippen LogP contribution in [0.5, 0.6) is 0 Å². The Balaban J connectivity index is 2.02. The summed E-state index contributed by atoms with van der Waals surface area (Å²) in [5.74, 6) is -0.619. The number of nitrogens with zero attached hydrogens (tertiary/aromatic N) is 1. The van der Waals surface area contributed by atoms with Gasteiger partial charge in [-0.15, -0.1) is 0 Å². The van der Waals surface area contributed by atoms with Gasteiger partial charge in [-0.05, 0) is 25.7 Å². The third kappa shape index (κ3) is 1.93. The van der Waals surface area contributed by atoms with Crippen molar-refractivity contribution in [1.29, 1.82) is 0 Å². The van der Waals surface area contributed by atoms with Crippen LogP contribution < -0.4 is 0 Å². The van der Waals surface area contributed by atoms with E-state index in [1.54, 1.807) is 0 Å². The third-order valence-corrected chi connectivity index (χ3v) is 4.02. The Morgan fingerprint density at radius 2 is 2.06 bits per heavy atom. The minimum Gasteiger partial charge on any atom is -0.481 e. The second-order valence-electron chi connectivity index (χ2n) is 5.31. The standard InChI is InChI=1S/C12H19NO3/c1-12(5-3-6-12)11(16)13-7-2-4-9(13)8-10(14)15/h9H,2-8H2,1H3,(H,14,15). The lowest BCUT2D eigenvalue weighted by atomic mass is 9.69. The summed E-state index contributed by atoms with van der Waals surface area (Å²) < 4.78 is 0. The van der Waals surface area contributed by atoms with E-state index >= 15 is 0 Å². The molecule has 90 valence electrons. The molecule has 1 N–H and O–H groups in total. The van der Waals surface area contributed by atoms with Crippen LogP contribution in [0.25, 0.3) is 0 Å². The predicted octanol–water partition coefficient (Wildman–Crippen LogP) is 1.64. The van der Waals surface area contributed by atoms with Crippen LogP contribution in [-0.2, 0) is 9.59 Å². The van der Waals surface area contributed by atoms with Crippen molar-refractivity contribution in [3.63, 3.8) is 0 Å². The second-order valence-corrected chi connectivity index (χ2v) is 5.31. The molecule has 0 aromatic heterocycles. The first-order valence-corrected chi connectivity index (χ1v) is 6.06. The van der Waals surface area contributed by atoms with E-state index in [-0.39, 0.29) is 23.8 Å². The Morgan fingerprint density at radius 1 is 1.38 bits per heavy atom. The van der Waals surface area contributed by atoms with Gasteiger partial charge in [0, 0.05) is 18.0 Å². The monoisotopic (exact) mass is 225 g/mol. The lowest BCUT2D eigenvalue weighted by Gasteiger charge is -2.41. The molecule has 1 unspecified atom stereocenters. The molecule has 4 nitrogen and oxygen atoms in total. The zero-order valence-corrected chi connectivity index (χ0v) is 9.74. The molecular formula is C12H19NO3. The van der Waals surface area contributed by atoms with Crippen LogP contribution in [0.2, 0.25) is 0 Å². The molecule has 0 aromatic rings. The van der Waals surface area contributed by atoms with Gasteiger partial charge < -0.3 is 10.0 Å². The molecule has 0 spiro atoms. The summed E-state index contributed by atoms with van der Waals surface area (Å²) >= 11 is 0. The number of likely N-dealkylation sites (tertiary alicyclic amines) is 1. The molecule has 1 aliphatic carbocycles. The van der Waals surface area contributed by atoms with Crippen molar-refractivity contribution in [2.75, 3.05) is 6.54 Å². The van der Waals surface area contributed by atoms with Gasteiger partial charge in [-0.1, -0.05) is 13.3 Å². The predicted molar refractivity (Wildman–Crippen MR) is 58.9 cm³/mol. The van der Waals surface area contributed by atoms with Crippen LogP contribution in [0.1, 0.15) is 45.4 Å². The Labute approximate surface area is 95.6 Å². The highest BCUT2D eigenvalue weighted by atomic mass is 16.4. The first kappa shape index (κ1) is 11.4. The molecule has 1 saturated heterocycles. The van der Waals surface area contributed by atoms with Gasteiger partial charge in [0.1, 0.15) is 0 Å². The summed E-state index contributed by atoms with van der Waals surface area (Å²) in [4.78, 5) is 24.8. The van der Waals surface area contributed by atoms with E-state index in [1.807, 2.05) is 11.8 Å². The highest BCUT2D eigenvalue weighted by Crippen LogP contribution is 2.43. The Kier molecular flexibility index (Phi) is 2.91. The Bertz CT molecular complexity index is 309. The molecule has 1 amide bonds. The summed E-state index contributed by atoms with van der Waals surface area (Å²) in [7, 11) is 0. The number of rotatable bonds is 3. The van der Waals surface area contributed by atoms with Gasteiger partial charge in [-0.2, -0.15) is 0 Å². The zero-order valence-electron chi connectivity index (χ0n) is 9.74. The molecule has 1 atom stereocenters. The summed E-state index contributed by atoms with van der Waals surface area (Å²) in [5.41, 5.74) is -0.193.